The van der Waals surface area contributed by atoms with Crippen LogP contribution in [0.3, 0.4) is 0 Å². The Labute approximate surface area is 158 Å². The maximum absolute atomic E-state index is 12.4. The van der Waals surface area contributed by atoms with Crippen molar-refractivity contribution in [2.24, 2.45) is 0 Å². The second-order valence-corrected chi connectivity index (χ2v) is 5.63. The molecule has 140 valence electrons. The summed E-state index contributed by atoms with van der Waals surface area (Å²) in [6, 6.07) is 17.4. The first-order valence-corrected chi connectivity index (χ1v) is 8.67. The van der Waals surface area contributed by atoms with E-state index in [1.54, 1.807) is 55.5 Å². The van der Waals surface area contributed by atoms with Gasteiger partial charge in [-0.2, -0.15) is 0 Å². The summed E-state index contributed by atoms with van der Waals surface area (Å²) in [6.45, 7) is 2.02. The minimum absolute atomic E-state index is 0.0932. The number of hydrogen-bond acceptors (Lipinski definition) is 4. The highest BCUT2D eigenvalue weighted by Crippen LogP contribution is 2.06. The molecule has 0 unspecified atom stereocenters. The first-order valence-electron chi connectivity index (χ1n) is 8.67. The lowest BCUT2D eigenvalue weighted by molar-refractivity contribution is -0.143. The molecule has 0 aliphatic carbocycles. The van der Waals surface area contributed by atoms with Gasteiger partial charge in [0, 0.05) is 23.0 Å². The van der Waals surface area contributed by atoms with Crippen molar-refractivity contribution >= 4 is 17.8 Å². The molecule has 2 aromatic carbocycles. The highest BCUT2D eigenvalue weighted by molar-refractivity contribution is 5.96. The van der Waals surface area contributed by atoms with Gasteiger partial charge in [0.1, 0.15) is 0 Å². The minimum Gasteiger partial charge on any atom is -0.466 e. The topological polar surface area (TPSA) is 84.5 Å². The van der Waals surface area contributed by atoms with Crippen LogP contribution in [-0.4, -0.2) is 24.4 Å². The number of nitrogens with one attached hydrogen (secondary N) is 2. The fraction of sp³-hybridized carbons (Fsp3) is 0.190. The summed E-state index contributed by atoms with van der Waals surface area (Å²) in [5, 5.41) is 5.38. The Morgan fingerprint density at radius 3 is 1.96 bits per heavy atom. The second-order valence-electron chi connectivity index (χ2n) is 5.63. The largest absolute Gasteiger partial charge is 0.466 e. The van der Waals surface area contributed by atoms with Crippen LogP contribution in [0.15, 0.2) is 72.6 Å². The lowest BCUT2D eigenvalue weighted by Gasteiger charge is -2.11. The van der Waals surface area contributed by atoms with Gasteiger partial charge < -0.3 is 15.4 Å². The Bertz CT molecular complexity index is 801. The minimum atomic E-state index is -0.369. The van der Waals surface area contributed by atoms with Gasteiger partial charge in [-0.1, -0.05) is 36.4 Å². The molecule has 2 aromatic rings. The van der Waals surface area contributed by atoms with Crippen molar-refractivity contribution in [2.75, 3.05) is 6.61 Å². The molecular weight excluding hydrogens is 344 g/mol. The Kier molecular flexibility index (Phi) is 7.78. The number of allylic oxidation sites excluding steroid dienone is 1. The molecule has 27 heavy (non-hydrogen) atoms. The standard InChI is InChI=1S/C21H22N2O4/c1-2-27-19(24)14-13-18(23-21(26)17-11-7-4-8-12-17)15-22-20(25)16-9-5-3-6-10-16/h3-12,15H,2,13-14H2,1H3,(H,22,25)(H,23,26)/b18-15-. The summed E-state index contributed by atoms with van der Waals surface area (Å²) in [4.78, 5) is 36.2. The summed E-state index contributed by atoms with van der Waals surface area (Å²) >= 11 is 0. The Balaban J connectivity index is 2.07. The zero-order valence-corrected chi connectivity index (χ0v) is 15.1. The zero-order chi connectivity index (χ0) is 19.5. The Hall–Kier alpha value is -3.41. The molecule has 2 N–H and O–H groups in total. The van der Waals surface area contributed by atoms with E-state index < -0.39 is 0 Å². The predicted molar refractivity (Wildman–Crippen MR) is 102 cm³/mol. The van der Waals surface area contributed by atoms with Gasteiger partial charge in [0.2, 0.25) is 0 Å². The van der Waals surface area contributed by atoms with E-state index in [9.17, 15) is 14.4 Å². The van der Waals surface area contributed by atoms with E-state index in [1.807, 2.05) is 12.1 Å². The van der Waals surface area contributed by atoms with Crippen molar-refractivity contribution in [3.05, 3.63) is 83.7 Å². The summed E-state index contributed by atoms with van der Waals surface area (Å²) in [5.74, 6) is -0.996. The molecule has 0 radical (unpaired) electrons. The molecule has 2 rings (SSSR count). The van der Waals surface area contributed by atoms with Crippen molar-refractivity contribution in [3.8, 4) is 0 Å². The molecule has 0 saturated carbocycles. The zero-order valence-electron chi connectivity index (χ0n) is 15.1. The molecule has 0 fully saturated rings. The number of hydrogen-bond donors (Lipinski definition) is 2. The third kappa shape index (κ3) is 6.78. The molecular formula is C21H22N2O4. The lowest BCUT2D eigenvalue weighted by Crippen LogP contribution is -2.26. The van der Waals surface area contributed by atoms with Crippen molar-refractivity contribution in [1.82, 2.24) is 10.6 Å². The number of carbonyl (C=O) groups excluding carboxylic acids is 3. The summed E-state index contributed by atoms with van der Waals surface area (Å²) in [7, 11) is 0. The van der Waals surface area contributed by atoms with Gasteiger partial charge >= 0.3 is 5.97 Å². The van der Waals surface area contributed by atoms with E-state index in [4.69, 9.17) is 4.74 Å². The molecule has 0 saturated heterocycles. The van der Waals surface area contributed by atoms with Gasteiger partial charge in [-0.05, 0) is 37.6 Å². The van der Waals surface area contributed by atoms with Gasteiger partial charge in [0.15, 0.2) is 0 Å². The maximum Gasteiger partial charge on any atom is 0.306 e. The van der Waals surface area contributed by atoms with E-state index >= 15 is 0 Å². The number of ether oxygens (including phenoxy) is 1. The molecule has 0 spiro atoms. The molecule has 2 amide bonds. The highest BCUT2D eigenvalue weighted by atomic mass is 16.5. The lowest BCUT2D eigenvalue weighted by atomic mass is 10.2. The van der Waals surface area contributed by atoms with E-state index in [0.29, 0.717) is 23.4 Å². The molecule has 0 bridgehead atoms. The predicted octanol–water partition coefficient (Wildman–Crippen LogP) is 3.03. The summed E-state index contributed by atoms with van der Waals surface area (Å²) in [6.07, 6.45) is 1.73. The van der Waals surface area contributed by atoms with E-state index in [0.717, 1.165) is 0 Å². The van der Waals surface area contributed by atoms with Crippen LogP contribution < -0.4 is 10.6 Å². The first kappa shape index (κ1) is 19.9. The molecule has 0 aliphatic heterocycles. The van der Waals surface area contributed by atoms with Crippen molar-refractivity contribution < 1.29 is 19.1 Å². The summed E-state index contributed by atoms with van der Waals surface area (Å²) in [5.41, 5.74) is 1.39. The number of benzene rings is 2. The smallest absolute Gasteiger partial charge is 0.306 e. The van der Waals surface area contributed by atoms with Gasteiger partial charge in [0.05, 0.1) is 13.0 Å². The summed E-state index contributed by atoms with van der Waals surface area (Å²) < 4.78 is 4.91. The maximum atomic E-state index is 12.4. The fourth-order valence-electron chi connectivity index (χ4n) is 2.27. The fourth-order valence-corrected chi connectivity index (χ4v) is 2.27. The van der Waals surface area contributed by atoms with Crippen LogP contribution in [0.4, 0.5) is 0 Å². The van der Waals surface area contributed by atoms with Gasteiger partial charge in [-0.3, -0.25) is 14.4 Å². The van der Waals surface area contributed by atoms with Crippen molar-refractivity contribution in [3.63, 3.8) is 0 Å². The SMILES string of the molecule is CCOC(=O)CC/C(=C/NC(=O)c1ccccc1)NC(=O)c1ccccc1. The third-order valence-corrected chi connectivity index (χ3v) is 3.63. The van der Waals surface area contributed by atoms with Gasteiger partial charge in [-0.25, -0.2) is 0 Å². The molecule has 0 aliphatic rings. The van der Waals surface area contributed by atoms with Crippen LogP contribution in [-0.2, 0) is 9.53 Å². The van der Waals surface area contributed by atoms with Crippen LogP contribution in [0.1, 0.15) is 40.5 Å². The number of rotatable bonds is 8. The first-order chi connectivity index (χ1) is 13.1. The number of carbonyl (C=O) groups is 3. The van der Waals surface area contributed by atoms with Crippen LogP contribution in [0.25, 0.3) is 0 Å². The molecule has 6 nitrogen and oxygen atoms in total. The highest BCUT2D eigenvalue weighted by Gasteiger charge is 2.11. The van der Waals surface area contributed by atoms with Crippen LogP contribution >= 0.6 is 0 Å². The molecule has 0 atom stereocenters. The molecule has 0 heterocycles. The average molecular weight is 366 g/mol. The van der Waals surface area contributed by atoms with E-state index in [2.05, 4.69) is 10.6 Å². The molecule has 6 heteroatoms. The third-order valence-electron chi connectivity index (χ3n) is 3.63. The Morgan fingerprint density at radius 2 is 1.41 bits per heavy atom. The monoisotopic (exact) mass is 366 g/mol. The number of amides is 2. The van der Waals surface area contributed by atoms with Crippen molar-refractivity contribution in [1.29, 1.82) is 0 Å². The average Bonchev–Trinajstić information content (AvgIpc) is 2.71. The van der Waals surface area contributed by atoms with Crippen molar-refractivity contribution in [2.45, 2.75) is 19.8 Å². The van der Waals surface area contributed by atoms with Crippen LogP contribution in [0.2, 0.25) is 0 Å². The number of esters is 1. The molecule has 0 aromatic heterocycles. The Morgan fingerprint density at radius 1 is 0.852 bits per heavy atom. The van der Waals surface area contributed by atoms with Gasteiger partial charge in [-0.15, -0.1) is 0 Å². The normalized spacial score (nSPS) is 10.8. The van der Waals surface area contributed by atoms with Gasteiger partial charge in [0.25, 0.3) is 11.8 Å². The van der Waals surface area contributed by atoms with Crippen LogP contribution in [0, 0.1) is 0 Å². The van der Waals surface area contributed by atoms with E-state index in [-0.39, 0.29) is 30.6 Å². The quantitative estimate of drug-likeness (QED) is 0.704. The second kappa shape index (κ2) is 10.6. The van der Waals surface area contributed by atoms with Crippen LogP contribution in [0.5, 0.6) is 0 Å². The van der Waals surface area contributed by atoms with E-state index in [1.165, 1.54) is 6.20 Å².